The summed E-state index contributed by atoms with van der Waals surface area (Å²) in [6.45, 7) is 6.45. The Bertz CT molecular complexity index is 498. The van der Waals surface area contributed by atoms with Crippen molar-refractivity contribution in [3.05, 3.63) is 34.3 Å². The standard InChI is InChI=1S/C15H22BrN3O3/c1-15(2,3)22-14(21)18-9-8-17-13(20)19-10-11-4-6-12(16)7-5-11/h4-7H,8-10H2,1-3H3,(H,18,21)(H2,17,19,20). The predicted molar refractivity (Wildman–Crippen MR) is 88.6 cm³/mol. The van der Waals surface area contributed by atoms with Crippen LogP contribution in [0.25, 0.3) is 0 Å². The molecule has 0 saturated carbocycles. The minimum absolute atomic E-state index is 0.283. The van der Waals surface area contributed by atoms with Gasteiger partial charge in [0.2, 0.25) is 0 Å². The van der Waals surface area contributed by atoms with Crippen molar-refractivity contribution in [3.8, 4) is 0 Å². The van der Waals surface area contributed by atoms with Gasteiger partial charge in [-0.1, -0.05) is 28.1 Å². The van der Waals surface area contributed by atoms with E-state index in [0.29, 0.717) is 19.6 Å². The summed E-state index contributed by atoms with van der Waals surface area (Å²) >= 11 is 3.35. The average Bonchev–Trinajstić information content (AvgIpc) is 2.41. The van der Waals surface area contributed by atoms with E-state index in [0.717, 1.165) is 10.0 Å². The van der Waals surface area contributed by atoms with Crippen molar-refractivity contribution in [2.24, 2.45) is 0 Å². The molecule has 22 heavy (non-hydrogen) atoms. The SMILES string of the molecule is CC(C)(C)OC(=O)NCCNC(=O)NCc1ccc(Br)cc1. The molecule has 0 saturated heterocycles. The van der Waals surface area contributed by atoms with Crippen LogP contribution in [0.15, 0.2) is 28.7 Å². The molecule has 0 aromatic heterocycles. The van der Waals surface area contributed by atoms with Crippen molar-refractivity contribution in [2.75, 3.05) is 13.1 Å². The highest BCUT2D eigenvalue weighted by Gasteiger charge is 2.15. The summed E-state index contributed by atoms with van der Waals surface area (Å²) < 4.78 is 6.07. The predicted octanol–water partition coefficient (Wildman–Crippen LogP) is 2.77. The number of carbonyl (C=O) groups is 2. The van der Waals surface area contributed by atoms with E-state index in [2.05, 4.69) is 31.9 Å². The highest BCUT2D eigenvalue weighted by Crippen LogP contribution is 2.10. The van der Waals surface area contributed by atoms with Gasteiger partial charge in [-0.05, 0) is 38.5 Å². The number of rotatable bonds is 5. The van der Waals surface area contributed by atoms with E-state index >= 15 is 0 Å². The number of hydrogen-bond donors (Lipinski definition) is 3. The fourth-order valence-electron chi connectivity index (χ4n) is 1.50. The molecule has 1 aromatic rings. The van der Waals surface area contributed by atoms with Crippen LogP contribution in [0.3, 0.4) is 0 Å². The lowest BCUT2D eigenvalue weighted by atomic mass is 10.2. The number of halogens is 1. The van der Waals surface area contributed by atoms with Crippen molar-refractivity contribution in [1.29, 1.82) is 0 Å². The minimum atomic E-state index is -0.528. The number of carbonyl (C=O) groups excluding carboxylic acids is 2. The Labute approximate surface area is 139 Å². The van der Waals surface area contributed by atoms with E-state index in [-0.39, 0.29) is 6.03 Å². The number of ether oxygens (including phenoxy) is 1. The summed E-state index contributed by atoms with van der Waals surface area (Å²) in [7, 11) is 0. The zero-order valence-corrected chi connectivity index (χ0v) is 14.6. The van der Waals surface area contributed by atoms with Gasteiger partial charge < -0.3 is 20.7 Å². The topological polar surface area (TPSA) is 79.5 Å². The highest BCUT2D eigenvalue weighted by molar-refractivity contribution is 9.10. The third-order valence-corrected chi connectivity index (χ3v) is 2.97. The summed E-state index contributed by atoms with van der Waals surface area (Å²) in [6.07, 6.45) is -0.496. The van der Waals surface area contributed by atoms with E-state index in [1.54, 1.807) is 20.8 Å². The number of benzene rings is 1. The quantitative estimate of drug-likeness (QED) is 0.696. The normalized spacial score (nSPS) is 10.7. The van der Waals surface area contributed by atoms with Gasteiger partial charge in [0.25, 0.3) is 0 Å². The van der Waals surface area contributed by atoms with Crippen LogP contribution in [0, 0.1) is 0 Å². The Balaban J connectivity index is 2.13. The van der Waals surface area contributed by atoms with Crippen LogP contribution < -0.4 is 16.0 Å². The fourth-order valence-corrected chi connectivity index (χ4v) is 1.77. The molecular formula is C15H22BrN3O3. The molecule has 0 spiro atoms. The first-order valence-corrected chi connectivity index (χ1v) is 7.78. The van der Waals surface area contributed by atoms with Gasteiger partial charge in [0.1, 0.15) is 5.60 Å². The van der Waals surface area contributed by atoms with Gasteiger partial charge in [-0.2, -0.15) is 0 Å². The first kappa shape index (κ1) is 18.3. The van der Waals surface area contributed by atoms with Gasteiger partial charge in [-0.15, -0.1) is 0 Å². The lowest BCUT2D eigenvalue weighted by molar-refractivity contribution is 0.0528. The fraction of sp³-hybridized carbons (Fsp3) is 0.467. The first-order chi connectivity index (χ1) is 10.3. The van der Waals surface area contributed by atoms with Gasteiger partial charge in [0, 0.05) is 24.1 Å². The molecule has 0 aliphatic rings. The molecule has 122 valence electrons. The lowest BCUT2D eigenvalue weighted by Crippen LogP contribution is -2.41. The van der Waals surface area contributed by atoms with Crippen molar-refractivity contribution >= 4 is 28.1 Å². The molecule has 0 fully saturated rings. The van der Waals surface area contributed by atoms with Crippen LogP contribution in [0.1, 0.15) is 26.3 Å². The van der Waals surface area contributed by atoms with Crippen LogP contribution in [-0.4, -0.2) is 30.8 Å². The summed E-state index contributed by atoms with van der Waals surface area (Å²) in [5.41, 5.74) is 0.477. The molecule has 0 aliphatic heterocycles. The zero-order valence-electron chi connectivity index (χ0n) is 13.0. The molecule has 0 heterocycles. The Morgan fingerprint density at radius 3 is 2.23 bits per heavy atom. The Kier molecular flexibility index (Phi) is 7.17. The summed E-state index contributed by atoms with van der Waals surface area (Å²) in [6, 6.07) is 7.40. The maximum atomic E-state index is 11.6. The van der Waals surface area contributed by atoms with E-state index in [9.17, 15) is 9.59 Å². The van der Waals surface area contributed by atoms with Crippen LogP contribution in [-0.2, 0) is 11.3 Å². The second kappa shape index (κ2) is 8.63. The minimum Gasteiger partial charge on any atom is -0.444 e. The maximum Gasteiger partial charge on any atom is 0.407 e. The van der Waals surface area contributed by atoms with Gasteiger partial charge >= 0.3 is 12.1 Å². The van der Waals surface area contributed by atoms with Crippen LogP contribution in [0.4, 0.5) is 9.59 Å². The molecule has 3 N–H and O–H groups in total. The van der Waals surface area contributed by atoms with Gasteiger partial charge in [0.15, 0.2) is 0 Å². The largest absolute Gasteiger partial charge is 0.444 e. The monoisotopic (exact) mass is 371 g/mol. The Hall–Kier alpha value is -1.76. The van der Waals surface area contributed by atoms with Gasteiger partial charge in [-0.25, -0.2) is 9.59 Å². The highest BCUT2D eigenvalue weighted by atomic mass is 79.9. The maximum absolute atomic E-state index is 11.6. The van der Waals surface area contributed by atoms with Crippen LogP contribution >= 0.6 is 15.9 Å². The molecule has 0 bridgehead atoms. The molecule has 7 heteroatoms. The van der Waals surface area contributed by atoms with Crippen LogP contribution in [0.2, 0.25) is 0 Å². The average molecular weight is 372 g/mol. The second-order valence-electron chi connectivity index (χ2n) is 5.66. The van der Waals surface area contributed by atoms with Gasteiger partial charge in [-0.3, -0.25) is 0 Å². The summed E-state index contributed by atoms with van der Waals surface area (Å²) in [5.74, 6) is 0. The molecule has 0 unspecified atom stereocenters. The third kappa shape index (κ3) is 8.51. The second-order valence-corrected chi connectivity index (χ2v) is 6.58. The Morgan fingerprint density at radius 2 is 1.64 bits per heavy atom. The van der Waals surface area contributed by atoms with Crippen LogP contribution in [0.5, 0.6) is 0 Å². The smallest absolute Gasteiger partial charge is 0.407 e. The third-order valence-electron chi connectivity index (χ3n) is 2.45. The van der Waals surface area contributed by atoms with Crippen molar-refractivity contribution in [1.82, 2.24) is 16.0 Å². The van der Waals surface area contributed by atoms with Gasteiger partial charge in [0.05, 0.1) is 0 Å². The molecule has 6 nitrogen and oxygen atoms in total. The molecular weight excluding hydrogens is 350 g/mol. The summed E-state index contributed by atoms with van der Waals surface area (Å²) in [4.78, 5) is 23.0. The van der Waals surface area contributed by atoms with Crippen molar-refractivity contribution in [3.63, 3.8) is 0 Å². The Morgan fingerprint density at radius 1 is 1.05 bits per heavy atom. The molecule has 0 aliphatic carbocycles. The number of alkyl carbamates (subject to hydrolysis) is 1. The van der Waals surface area contributed by atoms with Crippen molar-refractivity contribution < 1.29 is 14.3 Å². The number of urea groups is 1. The first-order valence-electron chi connectivity index (χ1n) is 6.99. The molecule has 3 amide bonds. The van der Waals surface area contributed by atoms with E-state index in [1.807, 2.05) is 24.3 Å². The van der Waals surface area contributed by atoms with Crippen molar-refractivity contribution in [2.45, 2.75) is 32.9 Å². The number of amides is 3. The lowest BCUT2D eigenvalue weighted by Gasteiger charge is -2.19. The van der Waals surface area contributed by atoms with E-state index in [1.165, 1.54) is 0 Å². The summed E-state index contributed by atoms with van der Waals surface area (Å²) in [5, 5.41) is 7.95. The molecule has 0 atom stereocenters. The molecule has 0 radical (unpaired) electrons. The zero-order chi connectivity index (χ0) is 16.6. The van der Waals surface area contributed by atoms with E-state index < -0.39 is 11.7 Å². The number of nitrogens with one attached hydrogen (secondary N) is 3. The molecule has 1 rings (SSSR count). The van der Waals surface area contributed by atoms with E-state index in [4.69, 9.17) is 4.74 Å². The molecule has 1 aromatic carbocycles. The number of hydrogen-bond acceptors (Lipinski definition) is 3.